The molecule has 1 aliphatic heterocycles. The van der Waals surface area contributed by atoms with Crippen LogP contribution in [0, 0.1) is 19.8 Å². The zero-order chi connectivity index (χ0) is 33.7. The molecule has 6 nitrogen and oxygen atoms in total. The first-order chi connectivity index (χ1) is 23.0. The van der Waals surface area contributed by atoms with Gasteiger partial charge in [-0.2, -0.15) is 23.4 Å². The lowest BCUT2D eigenvalue weighted by atomic mass is 9.77. The Balaban J connectivity index is 1.32. The van der Waals surface area contributed by atoms with Crippen LogP contribution in [0.1, 0.15) is 89.1 Å². The van der Waals surface area contributed by atoms with E-state index in [1.54, 1.807) is 12.1 Å². The molecule has 3 aromatic carbocycles. The molecule has 7 rings (SSSR count). The maximum absolute atomic E-state index is 14.4. The fourth-order valence-electron chi connectivity index (χ4n) is 6.71. The van der Waals surface area contributed by atoms with Gasteiger partial charge in [0.1, 0.15) is 0 Å². The zero-order valence-electron chi connectivity index (χ0n) is 27.3. The Hall–Kier alpha value is -5.05. The lowest BCUT2D eigenvalue weighted by Gasteiger charge is -2.29. The summed E-state index contributed by atoms with van der Waals surface area (Å²) < 4.78 is 44.1. The van der Waals surface area contributed by atoms with Gasteiger partial charge >= 0.3 is 6.18 Å². The van der Waals surface area contributed by atoms with Gasteiger partial charge in [0, 0.05) is 17.5 Å². The van der Waals surface area contributed by atoms with Crippen LogP contribution in [0.15, 0.2) is 95.6 Å². The van der Waals surface area contributed by atoms with Gasteiger partial charge in [-0.1, -0.05) is 97.8 Å². The number of allylic oxidation sites excluding steroid dienone is 1. The number of carbonyl (C=O) groups excluding carboxylic acids is 1. The zero-order valence-corrected chi connectivity index (χ0v) is 27.3. The van der Waals surface area contributed by atoms with Crippen LogP contribution >= 0.6 is 0 Å². The van der Waals surface area contributed by atoms with Crippen molar-refractivity contribution in [1.82, 2.24) is 19.6 Å². The van der Waals surface area contributed by atoms with E-state index < -0.39 is 23.8 Å². The minimum atomic E-state index is -4.73. The van der Waals surface area contributed by atoms with E-state index in [1.165, 1.54) is 16.6 Å². The Morgan fingerprint density at radius 3 is 2.23 bits per heavy atom. The van der Waals surface area contributed by atoms with Crippen molar-refractivity contribution in [2.45, 2.75) is 65.1 Å². The summed E-state index contributed by atoms with van der Waals surface area (Å²) >= 11 is 0. The fraction of sp³-hybridized carbons (Fsp3) is 0.282. The molecule has 0 spiro atoms. The number of halogens is 3. The summed E-state index contributed by atoms with van der Waals surface area (Å²) in [5.74, 6) is -0.360. The molecule has 5 aromatic rings. The molecule has 0 saturated heterocycles. The summed E-state index contributed by atoms with van der Waals surface area (Å²) in [5.41, 5.74) is 6.67. The average molecular weight is 648 g/mol. The smallest absolute Gasteiger partial charge is 0.265 e. The number of carbonyl (C=O) groups is 1. The van der Waals surface area contributed by atoms with Gasteiger partial charge in [0.25, 0.3) is 5.91 Å². The molecule has 2 unspecified atom stereocenters. The molecular weight excluding hydrogens is 611 g/mol. The van der Waals surface area contributed by atoms with Crippen LogP contribution < -0.4 is 0 Å². The number of aromatic nitrogens is 3. The van der Waals surface area contributed by atoms with Crippen molar-refractivity contribution in [1.29, 1.82) is 0 Å². The van der Waals surface area contributed by atoms with Crippen LogP contribution in [0.4, 0.5) is 13.2 Å². The van der Waals surface area contributed by atoms with Crippen molar-refractivity contribution in [2.24, 2.45) is 11.0 Å². The molecule has 48 heavy (non-hydrogen) atoms. The van der Waals surface area contributed by atoms with Crippen molar-refractivity contribution in [3.05, 3.63) is 130 Å². The minimum absolute atomic E-state index is 0.0628. The van der Waals surface area contributed by atoms with Crippen LogP contribution in [-0.4, -0.2) is 31.2 Å². The molecule has 2 atom stereocenters. The Bertz CT molecular complexity index is 2060. The van der Waals surface area contributed by atoms with Crippen molar-refractivity contribution in [3.8, 4) is 11.3 Å². The van der Waals surface area contributed by atoms with Crippen LogP contribution in [-0.2, 0) is 6.18 Å². The number of hydrogen-bond donors (Lipinski definition) is 0. The van der Waals surface area contributed by atoms with E-state index in [4.69, 9.17) is 5.10 Å². The normalized spacial score (nSPS) is 18.9. The minimum Gasteiger partial charge on any atom is -0.265 e. The quantitative estimate of drug-likeness (QED) is 0.191. The maximum atomic E-state index is 14.4. The molecule has 9 heteroatoms. The topological polar surface area (TPSA) is 62.9 Å². The number of hydrogen-bond acceptors (Lipinski definition) is 4. The SMILES string of the molecule is Cc1ccc(/C=C2\CCCC3C2=NN(C(=O)c2cc4nc(-c5ccc(C(C)C)cc5)cc(C(F)(F)F)n4n2)C3c2ccc(C)cc2)cc1. The molecule has 1 aliphatic carbocycles. The molecule has 1 fully saturated rings. The van der Waals surface area contributed by atoms with E-state index in [0.29, 0.717) is 5.56 Å². The van der Waals surface area contributed by atoms with Crippen LogP contribution in [0.2, 0.25) is 0 Å². The number of benzene rings is 3. The van der Waals surface area contributed by atoms with E-state index in [1.807, 2.05) is 50.2 Å². The third-order valence-electron chi connectivity index (χ3n) is 9.36. The molecule has 0 N–H and O–H groups in total. The second-order valence-electron chi connectivity index (χ2n) is 13.2. The maximum Gasteiger partial charge on any atom is 0.433 e. The highest BCUT2D eigenvalue weighted by Crippen LogP contribution is 2.45. The first-order valence-corrected chi connectivity index (χ1v) is 16.3. The van der Waals surface area contributed by atoms with E-state index in [0.717, 1.165) is 63.4 Å². The molecule has 1 amide bonds. The van der Waals surface area contributed by atoms with Crippen LogP contribution in [0.3, 0.4) is 0 Å². The van der Waals surface area contributed by atoms with Crippen molar-refractivity contribution < 1.29 is 18.0 Å². The van der Waals surface area contributed by atoms with Crippen molar-refractivity contribution >= 4 is 23.3 Å². The molecule has 2 aromatic heterocycles. The van der Waals surface area contributed by atoms with Gasteiger partial charge < -0.3 is 0 Å². The number of rotatable bonds is 5. The summed E-state index contributed by atoms with van der Waals surface area (Å²) in [6.45, 7) is 8.15. The first kappa shape index (κ1) is 31.5. The third kappa shape index (κ3) is 5.93. The summed E-state index contributed by atoms with van der Waals surface area (Å²) in [6.07, 6.45) is -0.0242. The predicted molar refractivity (Wildman–Crippen MR) is 182 cm³/mol. The highest BCUT2D eigenvalue weighted by atomic mass is 19.4. The number of fused-ring (bicyclic) bond motifs is 2. The van der Waals surface area contributed by atoms with E-state index >= 15 is 0 Å². The monoisotopic (exact) mass is 647 g/mol. The Labute approximate surface area is 277 Å². The van der Waals surface area contributed by atoms with Gasteiger partial charge in [-0.25, -0.2) is 14.5 Å². The number of aryl methyl sites for hydroxylation is 2. The van der Waals surface area contributed by atoms with Gasteiger partial charge in [0.2, 0.25) is 0 Å². The van der Waals surface area contributed by atoms with E-state index in [2.05, 4.69) is 54.3 Å². The third-order valence-corrected chi connectivity index (χ3v) is 9.36. The molecule has 2 aliphatic rings. The van der Waals surface area contributed by atoms with Crippen molar-refractivity contribution in [2.75, 3.05) is 0 Å². The van der Waals surface area contributed by atoms with Crippen LogP contribution in [0.5, 0.6) is 0 Å². The first-order valence-electron chi connectivity index (χ1n) is 16.3. The van der Waals surface area contributed by atoms with Gasteiger partial charge in [-0.05, 0) is 73.4 Å². The highest BCUT2D eigenvalue weighted by molar-refractivity contribution is 6.09. The standard InChI is InChI=1S/C39H36F3N5O/c1-23(2)27-16-18-28(19-17-27)32-21-34(39(40,41)42)46-35(43-32)22-33(44-46)38(48)47-37(29-14-10-25(4)11-15-29)31-7-5-6-30(36(31)45-47)20-26-12-8-24(3)9-13-26/h8-23,31,37H,5-7H2,1-4H3/b30-20+. The summed E-state index contributed by atoms with van der Waals surface area (Å²) in [7, 11) is 0. The van der Waals surface area contributed by atoms with E-state index in [9.17, 15) is 18.0 Å². The van der Waals surface area contributed by atoms with Gasteiger partial charge in [0.15, 0.2) is 17.0 Å². The molecule has 1 saturated carbocycles. The summed E-state index contributed by atoms with van der Waals surface area (Å²) in [6, 6.07) is 25.5. The second kappa shape index (κ2) is 12.2. The lowest BCUT2D eigenvalue weighted by Crippen LogP contribution is -2.32. The Kier molecular flexibility index (Phi) is 8.01. The number of hydrazone groups is 1. The fourth-order valence-corrected chi connectivity index (χ4v) is 6.71. The van der Waals surface area contributed by atoms with Gasteiger partial charge in [0.05, 0.1) is 17.4 Å². The van der Waals surface area contributed by atoms with Gasteiger partial charge in [-0.3, -0.25) is 4.79 Å². The molecule has 0 bridgehead atoms. The summed E-state index contributed by atoms with van der Waals surface area (Å²) in [5, 5.41) is 10.6. The lowest BCUT2D eigenvalue weighted by molar-refractivity contribution is -0.142. The summed E-state index contributed by atoms with van der Waals surface area (Å²) in [4.78, 5) is 18.9. The second-order valence-corrected chi connectivity index (χ2v) is 13.2. The molecular formula is C39H36F3N5O. The Morgan fingerprint density at radius 2 is 1.58 bits per heavy atom. The average Bonchev–Trinajstić information content (AvgIpc) is 3.68. The van der Waals surface area contributed by atoms with Gasteiger partial charge in [-0.15, -0.1) is 0 Å². The Morgan fingerprint density at radius 1 is 0.917 bits per heavy atom. The number of nitrogens with zero attached hydrogens (tertiary/aromatic N) is 5. The highest BCUT2D eigenvalue weighted by Gasteiger charge is 2.45. The molecule has 244 valence electrons. The number of alkyl halides is 3. The number of amides is 1. The predicted octanol–water partition coefficient (Wildman–Crippen LogP) is 9.59. The van der Waals surface area contributed by atoms with E-state index in [-0.39, 0.29) is 28.9 Å². The molecule has 3 heterocycles. The van der Waals surface area contributed by atoms with Crippen LogP contribution in [0.25, 0.3) is 23.0 Å². The van der Waals surface area contributed by atoms with Crippen molar-refractivity contribution in [3.63, 3.8) is 0 Å². The molecule has 0 radical (unpaired) electrons. The largest absolute Gasteiger partial charge is 0.433 e.